The zero-order chi connectivity index (χ0) is 12.3. The van der Waals surface area contributed by atoms with Crippen LogP contribution in [0.1, 0.15) is 11.1 Å². The number of aryl methyl sites for hydroxylation is 1. The fourth-order valence-electron chi connectivity index (χ4n) is 1.80. The molecule has 0 aliphatic heterocycles. The molecule has 0 saturated heterocycles. The molecule has 0 aliphatic rings. The average Bonchev–Trinajstić information content (AvgIpc) is 2.39. The van der Waals surface area contributed by atoms with E-state index in [1.165, 1.54) is 16.0 Å². The van der Waals surface area contributed by atoms with Crippen LogP contribution in [0.2, 0.25) is 0 Å². The first-order chi connectivity index (χ1) is 8.24. The maximum atomic E-state index is 8.76. The zero-order valence-electron chi connectivity index (χ0n) is 9.90. The van der Waals surface area contributed by atoms with Crippen LogP contribution in [0.5, 0.6) is 0 Å². The van der Waals surface area contributed by atoms with Crippen LogP contribution in [0, 0.1) is 18.3 Å². The highest BCUT2D eigenvalue weighted by Gasteiger charge is 2.01. The fraction of sp³-hybridized carbons (Fsp3) is 0.133. The molecule has 2 aromatic carbocycles. The first-order valence-corrected chi connectivity index (χ1v) is 6.62. The number of benzene rings is 2. The van der Waals surface area contributed by atoms with Gasteiger partial charge in [-0.2, -0.15) is 5.26 Å². The van der Waals surface area contributed by atoms with Crippen LogP contribution in [0.15, 0.2) is 47.4 Å². The Labute approximate surface area is 106 Å². The van der Waals surface area contributed by atoms with Crippen molar-refractivity contribution in [1.29, 1.82) is 5.26 Å². The molecule has 0 aromatic heterocycles. The Morgan fingerprint density at radius 3 is 2.18 bits per heavy atom. The molecular formula is C15H13NS. The highest BCUT2D eigenvalue weighted by Crippen LogP contribution is 2.26. The fourth-order valence-corrected chi connectivity index (χ4v) is 2.38. The number of hydrogen-bond acceptors (Lipinski definition) is 2. The van der Waals surface area contributed by atoms with Gasteiger partial charge in [0.05, 0.1) is 11.6 Å². The summed E-state index contributed by atoms with van der Waals surface area (Å²) >= 11 is 1.76. The first-order valence-electron chi connectivity index (χ1n) is 5.40. The summed E-state index contributed by atoms with van der Waals surface area (Å²) in [5, 5.41) is 8.76. The summed E-state index contributed by atoms with van der Waals surface area (Å²) < 4.78 is 0. The Balaban J connectivity index is 2.40. The van der Waals surface area contributed by atoms with E-state index >= 15 is 0 Å². The standard InChI is InChI=1S/C15H13NS/c1-11-9-14(7-8-15(11)17-2)13-5-3-12(10-16)4-6-13/h3-9H,1-2H3. The average molecular weight is 239 g/mol. The highest BCUT2D eigenvalue weighted by molar-refractivity contribution is 7.98. The molecule has 0 spiro atoms. The predicted molar refractivity (Wildman–Crippen MR) is 73.1 cm³/mol. The number of rotatable bonds is 2. The maximum absolute atomic E-state index is 8.76. The lowest BCUT2D eigenvalue weighted by Gasteiger charge is -2.06. The molecule has 2 aromatic rings. The largest absolute Gasteiger partial charge is 0.192 e. The van der Waals surface area contributed by atoms with Gasteiger partial charge < -0.3 is 0 Å². The number of nitrogens with zero attached hydrogens (tertiary/aromatic N) is 1. The second-order valence-corrected chi connectivity index (χ2v) is 4.72. The van der Waals surface area contributed by atoms with Gasteiger partial charge in [-0.3, -0.25) is 0 Å². The normalized spacial score (nSPS) is 9.94. The van der Waals surface area contributed by atoms with Gasteiger partial charge in [-0.15, -0.1) is 11.8 Å². The smallest absolute Gasteiger partial charge is 0.0991 e. The van der Waals surface area contributed by atoms with Gasteiger partial charge in [-0.25, -0.2) is 0 Å². The van der Waals surface area contributed by atoms with Gasteiger partial charge in [-0.1, -0.05) is 24.3 Å². The van der Waals surface area contributed by atoms with Crippen molar-refractivity contribution in [3.05, 3.63) is 53.6 Å². The molecule has 0 atom stereocenters. The third-order valence-corrected chi connectivity index (χ3v) is 3.64. The van der Waals surface area contributed by atoms with E-state index in [2.05, 4.69) is 37.4 Å². The van der Waals surface area contributed by atoms with E-state index < -0.39 is 0 Å². The van der Waals surface area contributed by atoms with Crippen molar-refractivity contribution >= 4 is 11.8 Å². The molecule has 0 radical (unpaired) electrons. The Hall–Kier alpha value is -1.72. The SMILES string of the molecule is CSc1ccc(-c2ccc(C#N)cc2)cc1C. The molecule has 0 saturated carbocycles. The molecule has 1 nitrogen and oxygen atoms in total. The van der Waals surface area contributed by atoms with Crippen LogP contribution < -0.4 is 0 Å². The second kappa shape index (κ2) is 5.07. The van der Waals surface area contributed by atoms with E-state index in [4.69, 9.17) is 5.26 Å². The van der Waals surface area contributed by atoms with E-state index in [9.17, 15) is 0 Å². The molecule has 0 aliphatic carbocycles. The molecule has 0 unspecified atom stereocenters. The van der Waals surface area contributed by atoms with Gasteiger partial charge in [0.15, 0.2) is 0 Å². The first kappa shape index (κ1) is 11.8. The lowest BCUT2D eigenvalue weighted by molar-refractivity contribution is 1.31. The number of nitriles is 1. The second-order valence-electron chi connectivity index (χ2n) is 3.87. The third kappa shape index (κ3) is 2.51. The lowest BCUT2D eigenvalue weighted by atomic mass is 10.0. The molecule has 2 rings (SSSR count). The van der Waals surface area contributed by atoms with Crippen molar-refractivity contribution in [2.24, 2.45) is 0 Å². The van der Waals surface area contributed by atoms with Crippen molar-refractivity contribution in [1.82, 2.24) is 0 Å². The van der Waals surface area contributed by atoms with Gasteiger partial charge in [0.25, 0.3) is 0 Å². The molecule has 2 heteroatoms. The zero-order valence-corrected chi connectivity index (χ0v) is 10.7. The van der Waals surface area contributed by atoms with Gasteiger partial charge in [0, 0.05) is 4.90 Å². The van der Waals surface area contributed by atoms with E-state index in [-0.39, 0.29) is 0 Å². The number of thioether (sulfide) groups is 1. The topological polar surface area (TPSA) is 23.8 Å². The van der Waals surface area contributed by atoms with Crippen LogP contribution in [0.4, 0.5) is 0 Å². The van der Waals surface area contributed by atoms with Gasteiger partial charge >= 0.3 is 0 Å². The highest BCUT2D eigenvalue weighted by atomic mass is 32.2. The van der Waals surface area contributed by atoms with Crippen molar-refractivity contribution in [3.8, 4) is 17.2 Å². The summed E-state index contributed by atoms with van der Waals surface area (Å²) in [6.07, 6.45) is 2.09. The number of hydrogen-bond donors (Lipinski definition) is 0. The van der Waals surface area contributed by atoms with Crippen LogP contribution in [0.3, 0.4) is 0 Å². The molecule has 0 fully saturated rings. The lowest BCUT2D eigenvalue weighted by Crippen LogP contribution is -1.83. The minimum Gasteiger partial charge on any atom is -0.192 e. The van der Waals surface area contributed by atoms with E-state index in [0.717, 1.165) is 5.56 Å². The quantitative estimate of drug-likeness (QED) is 0.731. The van der Waals surface area contributed by atoms with Crippen molar-refractivity contribution < 1.29 is 0 Å². The maximum Gasteiger partial charge on any atom is 0.0991 e. The predicted octanol–water partition coefficient (Wildman–Crippen LogP) is 4.26. The molecule has 0 bridgehead atoms. The summed E-state index contributed by atoms with van der Waals surface area (Å²) in [5.41, 5.74) is 4.34. The van der Waals surface area contributed by atoms with E-state index in [0.29, 0.717) is 5.56 Å². The monoisotopic (exact) mass is 239 g/mol. The van der Waals surface area contributed by atoms with Crippen LogP contribution in [0.25, 0.3) is 11.1 Å². The van der Waals surface area contributed by atoms with Gasteiger partial charge in [0.2, 0.25) is 0 Å². The Morgan fingerprint density at radius 2 is 1.65 bits per heavy atom. The summed E-state index contributed by atoms with van der Waals surface area (Å²) in [6, 6.07) is 16.3. The summed E-state index contributed by atoms with van der Waals surface area (Å²) in [7, 11) is 0. The minimum atomic E-state index is 0.700. The molecule has 0 heterocycles. The molecule has 0 N–H and O–H groups in total. The van der Waals surface area contributed by atoms with E-state index in [1.54, 1.807) is 11.8 Å². The van der Waals surface area contributed by atoms with Gasteiger partial charge in [-0.05, 0) is 48.1 Å². The Kier molecular flexibility index (Phi) is 3.51. The molecular weight excluding hydrogens is 226 g/mol. The molecule has 0 amide bonds. The summed E-state index contributed by atoms with van der Waals surface area (Å²) in [5.74, 6) is 0. The molecule has 17 heavy (non-hydrogen) atoms. The summed E-state index contributed by atoms with van der Waals surface area (Å²) in [6.45, 7) is 2.12. The summed E-state index contributed by atoms with van der Waals surface area (Å²) in [4.78, 5) is 1.31. The van der Waals surface area contributed by atoms with Crippen molar-refractivity contribution in [2.75, 3.05) is 6.26 Å². The third-order valence-electron chi connectivity index (χ3n) is 2.74. The van der Waals surface area contributed by atoms with Crippen LogP contribution in [-0.2, 0) is 0 Å². The molecule has 84 valence electrons. The van der Waals surface area contributed by atoms with E-state index in [1.807, 2.05) is 24.3 Å². The Morgan fingerprint density at radius 1 is 1.00 bits per heavy atom. The van der Waals surface area contributed by atoms with Crippen molar-refractivity contribution in [2.45, 2.75) is 11.8 Å². The van der Waals surface area contributed by atoms with Crippen LogP contribution >= 0.6 is 11.8 Å². The van der Waals surface area contributed by atoms with Gasteiger partial charge in [0.1, 0.15) is 0 Å². The minimum absolute atomic E-state index is 0.700. The van der Waals surface area contributed by atoms with Crippen molar-refractivity contribution in [3.63, 3.8) is 0 Å². The Bertz CT molecular complexity index is 564. The van der Waals surface area contributed by atoms with Crippen LogP contribution in [-0.4, -0.2) is 6.26 Å².